The number of anilines is 2. The van der Waals surface area contributed by atoms with E-state index < -0.39 is 89.5 Å². The van der Waals surface area contributed by atoms with Gasteiger partial charge >= 0.3 is 27.3 Å². The van der Waals surface area contributed by atoms with Crippen LogP contribution >= 0.6 is 27.4 Å². The maximum Gasteiger partial charge on any atom is 0.472 e. The third-order valence-electron chi connectivity index (χ3n) is 9.22. The van der Waals surface area contributed by atoms with E-state index in [1.807, 2.05) is 0 Å². The largest absolute Gasteiger partial charge is 0.472 e. The summed E-state index contributed by atoms with van der Waals surface area (Å²) < 4.78 is 59.6. The number of imidazole rings is 1. The van der Waals surface area contributed by atoms with Crippen molar-refractivity contribution in [2.45, 2.75) is 80.7 Å². The second kappa shape index (κ2) is 18.7. The van der Waals surface area contributed by atoms with Gasteiger partial charge in [-0.05, 0) is 25.3 Å². The van der Waals surface area contributed by atoms with Gasteiger partial charge in [0.05, 0.1) is 25.6 Å². The Bertz CT molecular complexity index is 2090. The van der Waals surface area contributed by atoms with Crippen molar-refractivity contribution >= 4 is 62.1 Å². The molecule has 3 saturated heterocycles. The normalized spacial score (nSPS) is 27.7. The van der Waals surface area contributed by atoms with Crippen LogP contribution in [0.4, 0.5) is 11.6 Å². The minimum Gasteiger partial charge on any atom is -0.455 e. The lowest BCUT2D eigenvalue weighted by Gasteiger charge is -2.24. The average molecular weight is 880 g/mol. The van der Waals surface area contributed by atoms with Crippen molar-refractivity contribution in [3.8, 4) is 0 Å². The van der Waals surface area contributed by atoms with Crippen molar-refractivity contribution in [2.75, 3.05) is 42.9 Å². The number of rotatable bonds is 18. The van der Waals surface area contributed by atoms with Crippen LogP contribution in [0.5, 0.6) is 0 Å². The first kappa shape index (κ1) is 43.9. The first-order valence-corrected chi connectivity index (χ1v) is 21.8. The third kappa shape index (κ3) is 10.9. The number of thioether (sulfide) groups is 1. The predicted molar refractivity (Wildman–Crippen MR) is 199 cm³/mol. The molecule has 3 aromatic rings. The minimum atomic E-state index is -5.17. The number of nitrogens with one attached hydrogen (secondary N) is 2. The number of aliphatic hydroxyl groups excluding tert-OH is 1. The number of carbonyl (C=O) groups is 2. The van der Waals surface area contributed by atoms with Crippen LogP contribution in [-0.4, -0.2) is 135 Å². The van der Waals surface area contributed by atoms with E-state index in [9.17, 15) is 43.3 Å². The highest BCUT2D eigenvalue weighted by molar-refractivity contribution is 7.99. The number of esters is 1. The molecule has 0 aliphatic carbocycles. The maximum absolute atomic E-state index is 13.4. The number of nitrogen functional groups attached to an aromatic ring is 2. The Morgan fingerprint density at radius 3 is 2.59 bits per heavy atom. The third-order valence-corrected chi connectivity index (χ3v) is 11.7. The molecule has 26 nitrogen and oxygen atoms in total. The van der Waals surface area contributed by atoms with E-state index in [2.05, 4.69) is 35.1 Å². The van der Waals surface area contributed by atoms with Crippen LogP contribution in [0.15, 0.2) is 29.7 Å². The van der Waals surface area contributed by atoms with Crippen molar-refractivity contribution in [2.24, 2.45) is 5.73 Å². The van der Waals surface area contributed by atoms with Gasteiger partial charge in [-0.1, -0.05) is 0 Å². The fraction of sp³-hybridized carbons (Fsp3) is 0.621. The summed E-state index contributed by atoms with van der Waals surface area (Å²) in [4.78, 5) is 83.1. The molecule has 0 aromatic carbocycles. The van der Waals surface area contributed by atoms with Crippen LogP contribution in [0.3, 0.4) is 0 Å². The van der Waals surface area contributed by atoms with E-state index in [1.54, 1.807) is 11.8 Å². The van der Waals surface area contributed by atoms with Gasteiger partial charge < -0.3 is 56.5 Å². The van der Waals surface area contributed by atoms with Crippen molar-refractivity contribution < 1.29 is 66.3 Å². The molecule has 3 aliphatic heterocycles. The average Bonchev–Trinajstić information content (AvgIpc) is 3.97. The zero-order valence-electron chi connectivity index (χ0n) is 30.4. The molecule has 6 unspecified atom stereocenters. The van der Waals surface area contributed by atoms with Gasteiger partial charge in [0.25, 0.3) is 0 Å². The second-order valence-corrected chi connectivity index (χ2v) is 17.0. The molecular formula is C29H43N11O15P2S. The van der Waals surface area contributed by atoms with Crippen molar-refractivity contribution in [3.05, 3.63) is 35.4 Å². The molecule has 0 radical (unpaired) electrons. The van der Waals surface area contributed by atoms with Gasteiger partial charge in [0.15, 0.2) is 23.8 Å². The number of aromatic nitrogens is 6. The number of ether oxygens (including phenoxy) is 3. The van der Waals surface area contributed by atoms with Gasteiger partial charge in [-0.25, -0.2) is 28.9 Å². The summed E-state index contributed by atoms with van der Waals surface area (Å²) in [6.07, 6.45) is -5.68. The van der Waals surface area contributed by atoms with Crippen LogP contribution in [0.2, 0.25) is 0 Å². The lowest BCUT2D eigenvalue weighted by atomic mass is 10.1. The molecule has 3 aliphatic rings. The highest BCUT2D eigenvalue weighted by atomic mass is 32.2. The summed E-state index contributed by atoms with van der Waals surface area (Å²) in [6, 6.07) is -0.150. The molecule has 10 atom stereocenters. The minimum absolute atomic E-state index is 0.0253. The number of hydrogen-bond donors (Lipinski definition) is 9. The van der Waals surface area contributed by atoms with E-state index >= 15 is 0 Å². The molecule has 12 N–H and O–H groups in total. The van der Waals surface area contributed by atoms with Crippen LogP contribution < -0.4 is 33.5 Å². The number of carbonyl (C=O) groups excluding carboxylic acids is 2. The Morgan fingerprint density at radius 1 is 1.09 bits per heavy atom. The molecule has 1 amide bonds. The first-order valence-electron chi connectivity index (χ1n) is 17.7. The van der Waals surface area contributed by atoms with Gasteiger partial charge in [0, 0.05) is 30.8 Å². The molecular weight excluding hydrogens is 836 g/mol. The summed E-state index contributed by atoms with van der Waals surface area (Å²) in [5.41, 5.74) is 17.1. The number of phosphoric acid groups is 2. The number of unbranched alkanes of at least 4 members (excludes halogenated alkanes) is 1. The molecule has 58 heavy (non-hydrogen) atoms. The summed E-state index contributed by atoms with van der Waals surface area (Å²) >= 11 is 1.62. The van der Waals surface area contributed by atoms with Gasteiger partial charge in [-0.2, -0.15) is 4.98 Å². The lowest BCUT2D eigenvalue weighted by molar-refractivity contribution is -0.158. The molecule has 3 fully saturated rings. The van der Waals surface area contributed by atoms with Crippen LogP contribution in [0.1, 0.15) is 38.1 Å². The summed E-state index contributed by atoms with van der Waals surface area (Å²) in [5.74, 6) is 0.248. The molecule has 6 rings (SSSR count). The molecule has 29 heteroatoms. The highest BCUT2D eigenvalue weighted by Crippen LogP contribution is 2.50. The molecule has 320 valence electrons. The van der Waals surface area contributed by atoms with Gasteiger partial charge in [-0.15, -0.1) is 11.8 Å². The van der Waals surface area contributed by atoms with Crippen LogP contribution in [0.25, 0.3) is 11.2 Å². The van der Waals surface area contributed by atoms with Crippen molar-refractivity contribution in [3.63, 3.8) is 0 Å². The van der Waals surface area contributed by atoms with E-state index in [-0.39, 0.29) is 47.6 Å². The smallest absolute Gasteiger partial charge is 0.455 e. The van der Waals surface area contributed by atoms with Crippen molar-refractivity contribution in [1.82, 2.24) is 39.7 Å². The standard InChI is InChI=1S/C29H43N11O15P2S/c30-14(3-1-2-5-33-26(42)15-10-58-13-37-15)28(43)54-23-18(53-27(22(23)41)40-12-36-21-24(32)34-11-35-25(21)40)9-51-57(48,49)55-16-7-20(39-6-4-19(31)38-29(39)44)52-17(16)8-50-56(45,46)47/h4,6,11-12,14-18,20,22-23,27,37,41H,1-3,5,7-10,13,30H2,(H,33,42)(H,48,49)(H2,31,38,44)(H2,32,34,35)(H2,45,46,47)/t14-,15?,16+,17-,18?,20-,22?,23?,27?/m1/s1. The SMILES string of the molecule is Nc1ccn([C@H]2C[C@H](OP(=O)(O)OCC3OC(n4cnc5c(N)ncnc54)C(O)C3OC(=O)[C@H](N)CCCCNC(=O)C3CSCN3)[C@@H](COP(=O)(O)O)O2)c(=O)n1. The molecule has 0 spiro atoms. The summed E-state index contributed by atoms with van der Waals surface area (Å²) in [7, 11) is -10.2. The molecule has 0 saturated carbocycles. The van der Waals surface area contributed by atoms with E-state index in [0.717, 1.165) is 10.9 Å². The molecule has 3 aromatic heterocycles. The fourth-order valence-corrected chi connectivity index (χ4v) is 8.57. The number of nitrogens with zero attached hydrogens (tertiary/aromatic N) is 6. The fourth-order valence-electron chi connectivity index (χ4n) is 6.33. The van der Waals surface area contributed by atoms with Gasteiger partial charge in [-0.3, -0.25) is 37.6 Å². The predicted octanol–water partition coefficient (Wildman–Crippen LogP) is -2.41. The zero-order valence-corrected chi connectivity index (χ0v) is 33.0. The van der Waals surface area contributed by atoms with E-state index in [4.69, 9.17) is 40.5 Å². The van der Waals surface area contributed by atoms with Gasteiger partial charge in [0.1, 0.15) is 54.3 Å². The quantitative estimate of drug-likeness (QED) is 0.0365. The van der Waals surface area contributed by atoms with Crippen LogP contribution in [0, 0.1) is 0 Å². The van der Waals surface area contributed by atoms with Gasteiger partial charge in [0.2, 0.25) is 5.91 Å². The maximum atomic E-state index is 13.4. The second-order valence-electron chi connectivity index (χ2n) is 13.3. The number of aliphatic hydroxyl groups is 1. The number of phosphoric ester groups is 2. The summed E-state index contributed by atoms with van der Waals surface area (Å²) in [6.45, 7) is -1.31. The van der Waals surface area contributed by atoms with Crippen LogP contribution in [-0.2, 0) is 46.5 Å². The highest BCUT2D eigenvalue weighted by Gasteiger charge is 2.50. The van der Waals surface area contributed by atoms with Crippen molar-refractivity contribution in [1.29, 1.82) is 0 Å². The summed E-state index contributed by atoms with van der Waals surface area (Å²) in [5, 5.41) is 17.4. The number of nitrogens with two attached hydrogens (primary N) is 3. The number of amides is 1. The number of hydrogen-bond acceptors (Lipinski definition) is 21. The first-order chi connectivity index (χ1) is 27.5. The number of fused-ring (bicyclic) bond motifs is 1. The molecule has 0 bridgehead atoms. The monoisotopic (exact) mass is 879 g/mol. The van der Waals surface area contributed by atoms with E-state index in [0.29, 0.717) is 31.0 Å². The Kier molecular flexibility index (Phi) is 14.2. The Morgan fingerprint density at radius 2 is 1.86 bits per heavy atom. The van der Waals surface area contributed by atoms with E-state index in [1.165, 1.54) is 23.2 Å². The Labute approximate surface area is 332 Å². The topological polar surface area (TPSA) is 385 Å². The zero-order chi connectivity index (χ0) is 41.8. The lowest BCUT2D eigenvalue weighted by Crippen LogP contribution is -2.43. The molecule has 6 heterocycles. The Hall–Kier alpha value is -3.66. The Balaban J connectivity index is 1.12.